The number of hydrogen-bond donors (Lipinski definition) is 0. The third-order valence-corrected chi connectivity index (χ3v) is 2.87. The van der Waals surface area contributed by atoms with Crippen molar-refractivity contribution in [3.8, 4) is 11.5 Å². The minimum Gasteiger partial charge on any atom is -0.435 e. The number of nitrogens with zero attached hydrogens (tertiary/aromatic N) is 1. The van der Waals surface area contributed by atoms with Crippen LogP contribution in [0.25, 0.3) is 0 Å². The zero-order valence-electron chi connectivity index (χ0n) is 11.9. The van der Waals surface area contributed by atoms with Crippen LogP contribution in [-0.4, -0.2) is 17.5 Å². The normalized spacial score (nSPS) is 10.4. The summed E-state index contributed by atoms with van der Waals surface area (Å²) in [4.78, 5) is 22.2. The quantitative estimate of drug-likeness (QED) is 0.362. The lowest BCUT2D eigenvalue weighted by atomic mass is 10.2. The lowest BCUT2D eigenvalue weighted by Gasteiger charge is -2.08. The number of nitro benzene ring substituents is 1. The van der Waals surface area contributed by atoms with Gasteiger partial charge in [0.1, 0.15) is 11.5 Å². The Morgan fingerprint density at radius 2 is 1.91 bits per heavy atom. The minimum absolute atomic E-state index is 0.0131. The van der Waals surface area contributed by atoms with Crippen LogP contribution in [0.4, 0.5) is 14.5 Å². The molecule has 0 heterocycles. The van der Waals surface area contributed by atoms with E-state index in [0.717, 1.165) is 6.07 Å². The molecule has 0 spiro atoms. The molecule has 0 aromatic heterocycles. The summed E-state index contributed by atoms with van der Waals surface area (Å²) in [5.41, 5.74) is 0.242. The monoisotopic (exact) mass is 323 g/mol. The SMILES string of the molecule is Cc1cc(OC(=O)c2cccc(OC(F)F)c2)ccc1[N+](=O)[O-]. The first-order valence-corrected chi connectivity index (χ1v) is 6.39. The van der Waals surface area contributed by atoms with Crippen molar-refractivity contribution in [2.75, 3.05) is 0 Å². The van der Waals surface area contributed by atoms with Gasteiger partial charge in [0.2, 0.25) is 0 Å². The minimum atomic E-state index is -3.00. The molecule has 0 bridgehead atoms. The lowest BCUT2D eigenvalue weighted by Crippen LogP contribution is -2.09. The standard InChI is InChI=1S/C15H11F2NO5/c1-9-7-12(5-6-13(9)18(20)21)22-14(19)10-3-2-4-11(8-10)23-15(16)17/h2-8,15H,1H3. The fourth-order valence-corrected chi connectivity index (χ4v) is 1.86. The molecule has 2 rings (SSSR count). The number of carbonyl (C=O) groups excluding carboxylic acids is 1. The molecule has 120 valence electrons. The summed E-state index contributed by atoms with van der Waals surface area (Å²) in [6, 6.07) is 8.98. The molecule has 0 N–H and O–H groups in total. The van der Waals surface area contributed by atoms with Gasteiger partial charge in [-0.05, 0) is 37.3 Å². The van der Waals surface area contributed by atoms with E-state index >= 15 is 0 Å². The first-order chi connectivity index (χ1) is 10.9. The predicted octanol–water partition coefficient (Wildman–Crippen LogP) is 3.72. The number of alkyl halides is 2. The number of ether oxygens (including phenoxy) is 2. The summed E-state index contributed by atoms with van der Waals surface area (Å²) >= 11 is 0. The fraction of sp³-hybridized carbons (Fsp3) is 0.133. The second-order valence-corrected chi connectivity index (χ2v) is 4.50. The van der Waals surface area contributed by atoms with E-state index in [2.05, 4.69) is 4.74 Å². The van der Waals surface area contributed by atoms with Crippen LogP contribution in [-0.2, 0) is 0 Å². The molecule has 8 heteroatoms. The fourth-order valence-electron chi connectivity index (χ4n) is 1.86. The summed E-state index contributed by atoms with van der Waals surface area (Å²) in [5, 5.41) is 10.7. The van der Waals surface area contributed by atoms with Crippen molar-refractivity contribution < 1.29 is 28.0 Å². The van der Waals surface area contributed by atoms with Gasteiger partial charge in [-0.1, -0.05) is 6.07 Å². The highest BCUT2D eigenvalue weighted by molar-refractivity contribution is 5.91. The number of halogens is 2. The van der Waals surface area contributed by atoms with E-state index in [1.165, 1.54) is 43.3 Å². The summed E-state index contributed by atoms with van der Waals surface area (Å²) < 4.78 is 33.6. The number of nitro groups is 1. The van der Waals surface area contributed by atoms with Gasteiger partial charge in [-0.3, -0.25) is 10.1 Å². The van der Waals surface area contributed by atoms with E-state index in [1.54, 1.807) is 0 Å². The summed E-state index contributed by atoms with van der Waals surface area (Å²) in [6.07, 6.45) is 0. The number of carbonyl (C=O) groups is 1. The zero-order chi connectivity index (χ0) is 17.0. The Bertz CT molecular complexity index is 748. The Balaban J connectivity index is 2.16. The van der Waals surface area contributed by atoms with E-state index in [1.807, 2.05) is 0 Å². The molecule has 0 aliphatic carbocycles. The van der Waals surface area contributed by atoms with Crippen LogP contribution in [0.1, 0.15) is 15.9 Å². The van der Waals surface area contributed by atoms with E-state index in [-0.39, 0.29) is 22.7 Å². The van der Waals surface area contributed by atoms with Crippen molar-refractivity contribution in [3.63, 3.8) is 0 Å². The third kappa shape index (κ3) is 4.22. The predicted molar refractivity (Wildman–Crippen MR) is 75.9 cm³/mol. The number of esters is 1. The average molecular weight is 323 g/mol. The Morgan fingerprint density at radius 1 is 1.17 bits per heavy atom. The molecule has 0 saturated heterocycles. The van der Waals surface area contributed by atoms with Gasteiger partial charge < -0.3 is 9.47 Å². The van der Waals surface area contributed by atoms with Crippen molar-refractivity contribution in [1.82, 2.24) is 0 Å². The van der Waals surface area contributed by atoms with Crippen LogP contribution in [0.5, 0.6) is 11.5 Å². The van der Waals surface area contributed by atoms with Crippen LogP contribution in [0.15, 0.2) is 42.5 Å². The first-order valence-electron chi connectivity index (χ1n) is 6.39. The Labute approximate surface area is 129 Å². The van der Waals surface area contributed by atoms with E-state index in [4.69, 9.17) is 4.74 Å². The molecular formula is C15H11F2NO5. The van der Waals surface area contributed by atoms with Gasteiger partial charge in [-0.15, -0.1) is 0 Å². The highest BCUT2D eigenvalue weighted by atomic mass is 19.3. The van der Waals surface area contributed by atoms with Crippen molar-refractivity contribution in [1.29, 1.82) is 0 Å². The van der Waals surface area contributed by atoms with Crippen LogP contribution < -0.4 is 9.47 Å². The molecule has 23 heavy (non-hydrogen) atoms. The van der Waals surface area contributed by atoms with Crippen LogP contribution in [0.3, 0.4) is 0 Å². The van der Waals surface area contributed by atoms with E-state index in [0.29, 0.717) is 5.56 Å². The van der Waals surface area contributed by atoms with Crippen molar-refractivity contribution in [2.24, 2.45) is 0 Å². The molecule has 0 radical (unpaired) electrons. The molecule has 0 unspecified atom stereocenters. The van der Waals surface area contributed by atoms with Crippen molar-refractivity contribution in [3.05, 3.63) is 63.7 Å². The zero-order valence-corrected chi connectivity index (χ0v) is 11.9. The maximum absolute atomic E-state index is 12.2. The van der Waals surface area contributed by atoms with Crippen LogP contribution in [0.2, 0.25) is 0 Å². The molecule has 2 aromatic carbocycles. The van der Waals surface area contributed by atoms with Crippen LogP contribution in [0, 0.1) is 17.0 Å². The van der Waals surface area contributed by atoms with Gasteiger partial charge in [0, 0.05) is 11.6 Å². The Kier molecular flexibility index (Phi) is 4.85. The second kappa shape index (κ2) is 6.82. The maximum atomic E-state index is 12.2. The average Bonchev–Trinajstić information content (AvgIpc) is 2.46. The highest BCUT2D eigenvalue weighted by Gasteiger charge is 2.15. The molecule has 0 atom stereocenters. The topological polar surface area (TPSA) is 78.7 Å². The van der Waals surface area contributed by atoms with Gasteiger partial charge in [0.05, 0.1) is 10.5 Å². The summed E-state index contributed by atoms with van der Waals surface area (Å²) in [6.45, 7) is -1.49. The molecule has 0 aliphatic rings. The van der Waals surface area contributed by atoms with E-state index in [9.17, 15) is 23.7 Å². The first kappa shape index (κ1) is 16.3. The number of aryl methyl sites for hydroxylation is 1. The molecular weight excluding hydrogens is 312 g/mol. The van der Waals surface area contributed by atoms with Crippen molar-refractivity contribution >= 4 is 11.7 Å². The lowest BCUT2D eigenvalue weighted by molar-refractivity contribution is -0.385. The maximum Gasteiger partial charge on any atom is 0.387 e. The van der Waals surface area contributed by atoms with E-state index < -0.39 is 17.5 Å². The Morgan fingerprint density at radius 3 is 2.52 bits per heavy atom. The molecule has 0 fully saturated rings. The smallest absolute Gasteiger partial charge is 0.387 e. The molecule has 0 amide bonds. The third-order valence-electron chi connectivity index (χ3n) is 2.87. The van der Waals surface area contributed by atoms with Gasteiger partial charge in [-0.25, -0.2) is 4.79 Å². The largest absolute Gasteiger partial charge is 0.435 e. The van der Waals surface area contributed by atoms with Gasteiger partial charge in [-0.2, -0.15) is 8.78 Å². The van der Waals surface area contributed by atoms with Crippen LogP contribution >= 0.6 is 0 Å². The second-order valence-electron chi connectivity index (χ2n) is 4.50. The Hall–Kier alpha value is -3.03. The van der Waals surface area contributed by atoms with Gasteiger partial charge in [0.15, 0.2) is 0 Å². The molecule has 6 nitrogen and oxygen atoms in total. The number of rotatable bonds is 5. The molecule has 0 aliphatic heterocycles. The number of hydrogen-bond acceptors (Lipinski definition) is 5. The molecule has 2 aromatic rings. The highest BCUT2D eigenvalue weighted by Crippen LogP contribution is 2.24. The summed E-state index contributed by atoms with van der Waals surface area (Å²) in [7, 11) is 0. The van der Waals surface area contributed by atoms with Crippen molar-refractivity contribution in [2.45, 2.75) is 13.5 Å². The molecule has 0 saturated carbocycles. The van der Waals surface area contributed by atoms with Gasteiger partial charge in [0.25, 0.3) is 5.69 Å². The summed E-state index contributed by atoms with van der Waals surface area (Å²) in [5.74, 6) is -0.856. The van der Waals surface area contributed by atoms with Gasteiger partial charge >= 0.3 is 12.6 Å². The number of benzene rings is 2.